The van der Waals surface area contributed by atoms with Gasteiger partial charge in [0.1, 0.15) is 11.5 Å². The molecule has 144 valence electrons. The maximum atomic E-state index is 12.6. The highest BCUT2D eigenvalue weighted by molar-refractivity contribution is 5.89. The molecule has 2 aromatic rings. The van der Waals surface area contributed by atoms with E-state index in [0.717, 1.165) is 36.0 Å². The van der Waals surface area contributed by atoms with Crippen molar-refractivity contribution in [2.24, 2.45) is 0 Å². The van der Waals surface area contributed by atoms with Gasteiger partial charge in [-0.15, -0.1) is 0 Å². The number of rotatable bonds is 4. The van der Waals surface area contributed by atoms with E-state index in [0.29, 0.717) is 13.1 Å². The van der Waals surface area contributed by atoms with E-state index in [2.05, 4.69) is 17.1 Å². The molecule has 0 bridgehead atoms. The van der Waals surface area contributed by atoms with E-state index >= 15 is 0 Å². The van der Waals surface area contributed by atoms with Gasteiger partial charge in [0.2, 0.25) is 0 Å². The summed E-state index contributed by atoms with van der Waals surface area (Å²) in [6.45, 7) is 6.93. The van der Waals surface area contributed by atoms with E-state index in [-0.39, 0.29) is 6.03 Å². The van der Waals surface area contributed by atoms with Crippen LogP contribution in [-0.2, 0) is 0 Å². The lowest BCUT2D eigenvalue weighted by atomic mass is 10.1. The Balaban J connectivity index is 1.61. The molecule has 1 aliphatic rings. The zero-order valence-electron chi connectivity index (χ0n) is 16.4. The first-order chi connectivity index (χ1) is 13.0. The van der Waals surface area contributed by atoms with Crippen LogP contribution in [0, 0.1) is 13.8 Å². The van der Waals surface area contributed by atoms with Gasteiger partial charge >= 0.3 is 6.03 Å². The fraction of sp³-hybridized carbons (Fsp3) is 0.381. The molecule has 1 N–H and O–H groups in total. The van der Waals surface area contributed by atoms with Crippen LogP contribution in [0.5, 0.6) is 11.5 Å². The number of carbonyl (C=O) groups is 1. The van der Waals surface area contributed by atoms with Crippen molar-refractivity contribution in [3.05, 3.63) is 47.5 Å². The van der Waals surface area contributed by atoms with Gasteiger partial charge in [0.25, 0.3) is 0 Å². The summed E-state index contributed by atoms with van der Waals surface area (Å²) in [7, 11) is 3.30. The largest absolute Gasteiger partial charge is 0.497 e. The Bertz CT molecular complexity index is 814. The van der Waals surface area contributed by atoms with Crippen LogP contribution < -0.4 is 19.7 Å². The van der Waals surface area contributed by atoms with Crippen molar-refractivity contribution in [2.45, 2.75) is 13.8 Å². The number of carbonyl (C=O) groups excluding carboxylic acids is 1. The fourth-order valence-corrected chi connectivity index (χ4v) is 3.22. The first kappa shape index (κ1) is 18.9. The lowest BCUT2D eigenvalue weighted by molar-refractivity contribution is 0.208. The summed E-state index contributed by atoms with van der Waals surface area (Å²) in [5, 5.41) is 3.00. The van der Waals surface area contributed by atoms with Crippen molar-refractivity contribution in [3.63, 3.8) is 0 Å². The molecule has 6 nitrogen and oxygen atoms in total. The molecule has 2 amide bonds. The van der Waals surface area contributed by atoms with Gasteiger partial charge in [0.05, 0.1) is 19.9 Å². The van der Waals surface area contributed by atoms with Crippen LogP contribution >= 0.6 is 0 Å². The van der Waals surface area contributed by atoms with Crippen LogP contribution in [0.15, 0.2) is 36.4 Å². The van der Waals surface area contributed by atoms with Crippen LogP contribution in [-0.4, -0.2) is 51.3 Å². The number of nitrogens with zero attached hydrogens (tertiary/aromatic N) is 2. The van der Waals surface area contributed by atoms with E-state index in [4.69, 9.17) is 9.47 Å². The molecule has 1 heterocycles. The first-order valence-electron chi connectivity index (χ1n) is 9.12. The predicted molar refractivity (Wildman–Crippen MR) is 108 cm³/mol. The molecule has 0 aliphatic carbocycles. The zero-order chi connectivity index (χ0) is 19.4. The normalized spacial score (nSPS) is 14.1. The number of hydrogen-bond acceptors (Lipinski definition) is 4. The van der Waals surface area contributed by atoms with Crippen LogP contribution in [0.4, 0.5) is 16.2 Å². The van der Waals surface area contributed by atoms with Crippen molar-refractivity contribution in [2.75, 3.05) is 50.6 Å². The molecule has 0 saturated carbocycles. The summed E-state index contributed by atoms with van der Waals surface area (Å²) in [5.74, 6) is 1.55. The summed E-state index contributed by atoms with van der Waals surface area (Å²) in [5.41, 5.74) is 4.24. The van der Waals surface area contributed by atoms with Gasteiger partial charge in [-0.3, -0.25) is 0 Å². The molecule has 6 heteroatoms. The minimum absolute atomic E-state index is 0.0559. The highest BCUT2D eigenvalue weighted by Gasteiger charge is 2.23. The van der Waals surface area contributed by atoms with E-state index < -0.39 is 0 Å². The topological polar surface area (TPSA) is 54.0 Å². The SMILES string of the molecule is COc1ccc(N2CCN(C(=O)Nc3ccc(C)c(C)c3)CC2)c(OC)c1. The van der Waals surface area contributed by atoms with Crippen molar-refractivity contribution < 1.29 is 14.3 Å². The third-order valence-electron chi connectivity index (χ3n) is 5.05. The second-order valence-corrected chi connectivity index (χ2v) is 6.74. The molecule has 1 saturated heterocycles. The van der Waals surface area contributed by atoms with Gasteiger partial charge in [-0.2, -0.15) is 0 Å². The Hall–Kier alpha value is -2.89. The van der Waals surface area contributed by atoms with Gasteiger partial charge in [-0.1, -0.05) is 6.07 Å². The molecule has 0 aromatic heterocycles. The molecular weight excluding hydrogens is 342 g/mol. The number of piperazine rings is 1. The smallest absolute Gasteiger partial charge is 0.321 e. The van der Waals surface area contributed by atoms with Crippen molar-refractivity contribution in [3.8, 4) is 11.5 Å². The minimum Gasteiger partial charge on any atom is -0.497 e. The number of hydrogen-bond donors (Lipinski definition) is 1. The Morgan fingerprint density at radius 3 is 2.30 bits per heavy atom. The monoisotopic (exact) mass is 369 g/mol. The van der Waals surface area contributed by atoms with Crippen LogP contribution in [0.25, 0.3) is 0 Å². The molecule has 2 aromatic carbocycles. The maximum Gasteiger partial charge on any atom is 0.321 e. The standard InChI is InChI=1S/C21H27N3O3/c1-15-5-6-17(13-16(15)2)22-21(25)24-11-9-23(10-12-24)19-8-7-18(26-3)14-20(19)27-4/h5-8,13-14H,9-12H2,1-4H3,(H,22,25). The number of aryl methyl sites for hydroxylation is 2. The number of urea groups is 1. The number of benzene rings is 2. The van der Waals surface area contributed by atoms with E-state index in [1.807, 2.05) is 48.2 Å². The van der Waals surface area contributed by atoms with Crippen LogP contribution in [0.3, 0.4) is 0 Å². The lowest BCUT2D eigenvalue weighted by Crippen LogP contribution is -2.50. The average molecular weight is 369 g/mol. The maximum absolute atomic E-state index is 12.6. The van der Waals surface area contributed by atoms with Gasteiger partial charge < -0.3 is 24.6 Å². The van der Waals surface area contributed by atoms with Crippen LogP contribution in [0.2, 0.25) is 0 Å². The molecule has 0 radical (unpaired) electrons. The minimum atomic E-state index is -0.0559. The lowest BCUT2D eigenvalue weighted by Gasteiger charge is -2.36. The number of ether oxygens (including phenoxy) is 2. The quantitative estimate of drug-likeness (QED) is 0.893. The molecule has 1 aliphatic heterocycles. The summed E-state index contributed by atoms with van der Waals surface area (Å²) in [6.07, 6.45) is 0. The molecule has 0 atom stereocenters. The van der Waals surface area contributed by atoms with Gasteiger partial charge in [0, 0.05) is 37.9 Å². The molecule has 0 spiro atoms. The van der Waals surface area contributed by atoms with Crippen molar-refractivity contribution in [1.29, 1.82) is 0 Å². The average Bonchev–Trinajstić information content (AvgIpc) is 2.70. The highest BCUT2D eigenvalue weighted by atomic mass is 16.5. The number of amides is 2. The van der Waals surface area contributed by atoms with Crippen molar-refractivity contribution in [1.82, 2.24) is 4.90 Å². The second-order valence-electron chi connectivity index (χ2n) is 6.74. The van der Waals surface area contributed by atoms with Gasteiger partial charge in [-0.05, 0) is 49.2 Å². The first-order valence-corrected chi connectivity index (χ1v) is 9.12. The summed E-state index contributed by atoms with van der Waals surface area (Å²) < 4.78 is 10.8. The second kappa shape index (κ2) is 8.20. The Morgan fingerprint density at radius 1 is 0.926 bits per heavy atom. The zero-order valence-corrected chi connectivity index (χ0v) is 16.4. The number of methoxy groups -OCH3 is 2. The molecule has 27 heavy (non-hydrogen) atoms. The molecule has 3 rings (SSSR count). The number of nitrogens with one attached hydrogen (secondary N) is 1. The molecular formula is C21H27N3O3. The summed E-state index contributed by atoms with van der Waals surface area (Å²) in [6, 6.07) is 11.7. The van der Waals surface area contributed by atoms with Crippen molar-refractivity contribution >= 4 is 17.4 Å². The van der Waals surface area contributed by atoms with Gasteiger partial charge in [-0.25, -0.2) is 4.79 Å². The Labute approximate surface area is 160 Å². The van der Waals surface area contributed by atoms with Crippen LogP contribution in [0.1, 0.15) is 11.1 Å². The van der Waals surface area contributed by atoms with E-state index in [1.54, 1.807) is 14.2 Å². The van der Waals surface area contributed by atoms with E-state index in [1.165, 1.54) is 11.1 Å². The Morgan fingerprint density at radius 2 is 1.67 bits per heavy atom. The van der Waals surface area contributed by atoms with E-state index in [9.17, 15) is 4.79 Å². The third-order valence-corrected chi connectivity index (χ3v) is 5.05. The Kier molecular flexibility index (Phi) is 5.74. The summed E-state index contributed by atoms with van der Waals surface area (Å²) in [4.78, 5) is 16.7. The predicted octanol–water partition coefficient (Wildman–Crippen LogP) is 3.67. The van der Waals surface area contributed by atoms with Gasteiger partial charge in [0.15, 0.2) is 0 Å². The highest BCUT2D eigenvalue weighted by Crippen LogP contribution is 2.32. The summed E-state index contributed by atoms with van der Waals surface area (Å²) >= 11 is 0. The molecule has 0 unspecified atom stereocenters. The number of anilines is 2. The fourth-order valence-electron chi connectivity index (χ4n) is 3.22. The third kappa shape index (κ3) is 4.27. The molecule has 1 fully saturated rings.